The smallest absolute Gasteiger partial charge is 0.260 e. The minimum atomic E-state index is 0.0151. The predicted molar refractivity (Wildman–Crippen MR) is 105 cm³/mol. The van der Waals surface area contributed by atoms with Gasteiger partial charge in [0.15, 0.2) is 18.1 Å². The van der Waals surface area contributed by atoms with Gasteiger partial charge in [-0.2, -0.15) is 0 Å². The van der Waals surface area contributed by atoms with Gasteiger partial charge in [0.1, 0.15) is 5.75 Å². The summed E-state index contributed by atoms with van der Waals surface area (Å²) in [6.45, 7) is 1.52. The van der Waals surface area contributed by atoms with Crippen molar-refractivity contribution < 1.29 is 19.0 Å². The third kappa shape index (κ3) is 4.94. The maximum atomic E-state index is 12.7. The summed E-state index contributed by atoms with van der Waals surface area (Å²) in [7, 11) is 3.26. The van der Waals surface area contributed by atoms with Crippen LogP contribution >= 0.6 is 0 Å². The number of para-hydroxylation sites is 2. The van der Waals surface area contributed by atoms with Crippen LogP contribution in [0.1, 0.15) is 30.7 Å². The molecule has 144 valence electrons. The molecule has 1 aliphatic heterocycles. The number of carbonyl (C=O) groups excluding carboxylic acids is 1. The lowest BCUT2D eigenvalue weighted by Crippen LogP contribution is -2.37. The van der Waals surface area contributed by atoms with Crippen molar-refractivity contribution in [3.63, 3.8) is 0 Å². The Morgan fingerprint density at radius 2 is 1.74 bits per heavy atom. The van der Waals surface area contributed by atoms with Crippen LogP contribution < -0.4 is 14.2 Å². The average molecular weight is 369 g/mol. The van der Waals surface area contributed by atoms with Crippen molar-refractivity contribution in [1.82, 2.24) is 4.90 Å². The Kier molecular flexibility index (Phi) is 6.58. The van der Waals surface area contributed by atoms with E-state index in [0.717, 1.165) is 38.1 Å². The van der Waals surface area contributed by atoms with Crippen LogP contribution in [0.15, 0.2) is 48.5 Å². The van der Waals surface area contributed by atoms with Gasteiger partial charge < -0.3 is 19.1 Å². The van der Waals surface area contributed by atoms with E-state index in [9.17, 15) is 4.79 Å². The lowest BCUT2D eigenvalue weighted by Gasteiger charge is -2.25. The lowest BCUT2D eigenvalue weighted by atomic mass is 9.94. The first-order valence-electron chi connectivity index (χ1n) is 9.39. The highest BCUT2D eigenvalue weighted by Gasteiger charge is 2.23. The topological polar surface area (TPSA) is 48.0 Å². The Bertz CT molecular complexity index is 744. The van der Waals surface area contributed by atoms with E-state index in [1.165, 1.54) is 5.56 Å². The molecule has 0 radical (unpaired) electrons. The van der Waals surface area contributed by atoms with Crippen LogP contribution in [0.25, 0.3) is 0 Å². The van der Waals surface area contributed by atoms with Crippen molar-refractivity contribution in [2.24, 2.45) is 0 Å². The Morgan fingerprint density at radius 3 is 2.44 bits per heavy atom. The number of hydrogen-bond acceptors (Lipinski definition) is 4. The molecule has 1 aliphatic rings. The number of methoxy groups -OCH3 is 2. The van der Waals surface area contributed by atoms with E-state index < -0.39 is 0 Å². The average Bonchev–Trinajstić information content (AvgIpc) is 2.98. The maximum absolute atomic E-state index is 12.7. The second-order valence-electron chi connectivity index (χ2n) is 6.75. The largest absolute Gasteiger partial charge is 0.497 e. The molecule has 5 nitrogen and oxygen atoms in total. The molecule has 1 atom stereocenters. The second kappa shape index (κ2) is 9.31. The van der Waals surface area contributed by atoms with E-state index in [2.05, 4.69) is 12.1 Å². The highest BCUT2D eigenvalue weighted by Crippen LogP contribution is 2.29. The van der Waals surface area contributed by atoms with Gasteiger partial charge in [-0.1, -0.05) is 30.7 Å². The van der Waals surface area contributed by atoms with Crippen molar-refractivity contribution in [1.29, 1.82) is 0 Å². The molecule has 1 amide bonds. The first kappa shape index (κ1) is 19.1. The summed E-state index contributed by atoms with van der Waals surface area (Å²) in [5.41, 5.74) is 1.25. The molecule has 1 heterocycles. The molecule has 0 bridgehead atoms. The van der Waals surface area contributed by atoms with Gasteiger partial charge in [-0.15, -0.1) is 0 Å². The third-order valence-corrected chi connectivity index (χ3v) is 5.03. The van der Waals surface area contributed by atoms with Crippen LogP contribution in [0.4, 0.5) is 0 Å². The van der Waals surface area contributed by atoms with Gasteiger partial charge >= 0.3 is 0 Å². The van der Waals surface area contributed by atoms with Crippen molar-refractivity contribution in [2.75, 3.05) is 33.9 Å². The molecule has 1 saturated heterocycles. The van der Waals surface area contributed by atoms with Crippen molar-refractivity contribution in [2.45, 2.75) is 25.2 Å². The van der Waals surface area contributed by atoms with Gasteiger partial charge in [0.25, 0.3) is 5.91 Å². The first-order valence-corrected chi connectivity index (χ1v) is 9.39. The highest BCUT2D eigenvalue weighted by molar-refractivity contribution is 5.78. The SMILES string of the molecule is COc1ccc(C2CCCCN(C(=O)COc3ccccc3OC)C2)cc1. The summed E-state index contributed by atoms with van der Waals surface area (Å²) in [6.07, 6.45) is 3.23. The molecule has 1 unspecified atom stereocenters. The van der Waals surface area contributed by atoms with Crippen LogP contribution in [-0.2, 0) is 4.79 Å². The number of rotatable bonds is 6. The second-order valence-corrected chi connectivity index (χ2v) is 6.75. The molecule has 0 aromatic heterocycles. The summed E-state index contributed by atoms with van der Waals surface area (Å²) in [4.78, 5) is 14.7. The van der Waals surface area contributed by atoms with Gasteiger partial charge in [0, 0.05) is 19.0 Å². The Balaban J connectivity index is 1.63. The Morgan fingerprint density at radius 1 is 1.00 bits per heavy atom. The Labute approximate surface area is 160 Å². The van der Waals surface area contributed by atoms with Crippen LogP contribution in [0.5, 0.6) is 17.2 Å². The van der Waals surface area contributed by atoms with E-state index in [0.29, 0.717) is 17.4 Å². The summed E-state index contributed by atoms with van der Waals surface area (Å²) in [5, 5.41) is 0. The number of benzene rings is 2. The standard InChI is InChI=1S/C22H27NO4/c1-25-19-12-10-17(11-13-19)18-7-5-6-14-23(15-18)22(24)16-27-21-9-4-3-8-20(21)26-2/h3-4,8-13,18H,5-7,14-16H2,1-2H3. The molecule has 2 aromatic rings. The molecule has 3 rings (SSSR count). The number of hydrogen-bond donors (Lipinski definition) is 0. The molecular weight excluding hydrogens is 342 g/mol. The highest BCUT2D eigenvalue weighted by atomic mass is 16.5. The number of amides is 1. The van der Waals surface area contributed by atoms with Crippen LogP contribution in [-0.4, -0.2) is 44.7 Å². The minimum absolute atomic E-state index is 0.0151. The lowest BCUT2D eigenvalue weighted by molar-refractivity contribution is -0.133. The summed E-state index contributed by atoms with van der Waals surface area (Å²) in [6, 6.07) is 15.6. The zero-order chi connectivity index (χ0) is 19.1. The molecule has 0 N–H and O–H groups in total. The molecular formula is C22H27NO4. The molecule has 1 fully saturated rings. The number of likely N-dealkylation sites (tertiary alicyclic amines) is 1. The molecule has 0 aliphatic carbocycles. The van der Waals surface area contributed by atoms with E-state index >= 15 is 0 Å². The van der Waals surface area contributed by atoms with Gasteiger partial charge in [-0.05, 0) is 42.7 Å². The number of carbonyl (C=O) groups is 1. The van der Waals surface area contributed by atoms with Gasteiger partial charge in [0.05, 0.1) is 14.2 Å². The zero-order valence-corrected chi connectivity index (χ0v) is 16.0. The predicted octanol–water partition coefficient (Wildman–Crippen LogP) is 3.88. The van der Waals surface area contributed by atoms with Crippen LogP contribution in [0.3, 0.4) is 0 Å². The summed E-state index contributed by atoms with van der Waals surface area (Å²) in [5.74, 6) is 2.44. The number of ether oxygens (including phenoxy) is 3. The molecule has 0 saturated carbocycles. The Hall–Kier alpha value is -2.69. The number of nitrogens with zero attached hydrogens (tertiary/aromatic N) is 1. The van der Waals surface area contributed by atoms with E-state index in [1.54, 1.807) is 14.2 Å². The fourth-order valence-electron chi connectivity index (χ4n) is 3.49. The van der Waals surface area contributed by atoms with Crippen molar-refractivity contribution >= 4 is 5.91 Å². The maximum Gasteiger partial charge on any atom is 0.260 e. The van der Waals surface area contributed by atoms with Crippen molar-refractivity contribution in [3.05, 3.63) is 54.1 Å². The van der Waals surface area contributed by atoms with Crippen LogP contribution in [0.2, 0.25) is 0 Å². The van der Waals surface area contributed by atoms with Crippen molar-refractivity contribution in [3.8, 4) is 17.2 Å². The normalized spacial score (nSPS) is 17.1. The molecule has 5 heteroatoms. The minimum Gasteiger partial charge on any atom is -0.497 e. The van der Waals surface area contributed by atoms with Gasteiger partial charge in [-0.25, -0.2) is 0 Å². The van der Waals surface area contributed by atoms with E-state index in [1.807, 2.05) is 41.3 Å². The van der Waals surface area contributed by atoms with Gasteiger partial charge in [0.2, 0.25) is 0 Å². The third-order valence-electron chi connectivity index (χ3n) is 5.03. The quantitative estimate of drug-likeness (QED) is 0.775. The van der Waals surface area contributed by atoms with E-state index in [-0.39, 0.29) is 12.5 Å². The van der Waals surface area contributed by atoms with Crippen LogP contribution in [0, 0.1) is 0 Å². The van der Waals surface area contributed by atoms with Gasteiger partial charge in [-0.3, -0.25) is 4.79 Å². The molecule has 2 aromatic carbocycles. The summed E-state index contributed by atoms with van der Waals surface area (Å²) < 4.78 is 16.2. The molecule has 0 spiro atoms. The first-order chi connectivity index (χ1) is 13.2. The fraction of sp³-hybridized carbons (Fsp3) is 0.409. The van der Waals surface area contributed by atoms with E-state index in [4.69, 9.17) is 14.2 Å². The summed E-state index contributed by atoms with van der Waals surface area (Å²) >= 11 is 0. The molecule has 27 heavy (non-hydrogen) atoms. The fourth-order valence-corrected chi connectivity index (χ4v) is 3.49. The zero-order valence-electron chi connectivity index (χ0n) is 16.0. The monoisotopic (exact) mass is 369 g/mol.